The van der Waals surface area contributed by atoms with Gasteiger partial charge in [0.1, 0.15) is 5.15 Å². The van der Waals surface area contributed by atoms with Crippen molar-refractivity contribution >= 4 is 27.5 Å². The smallest absolute Gasteiger partial charge is 0.199 e. The first kappa shape index (κ1) is 13.1. The first-order chi connectivity index (χ1) is 9.75. The second-order valence-corrected chi connectivity index (χ2v) is 5.09. The van der Waals surface area contributed by atoms with Crippen molar-refractivity contribution in [3.8, 4) is 22.9 Å². The number of benzene rings is 1. The highest BCUT2D eigenvalue weighted by molar-refractivity contribution is 9.10. The number of aromatic nitrogens is 4. The van der Waals surface area contributed by atoms with Gasteiger partial charge in [0.15, 0.2) is 11.6 Å². The van der Waals surface area contributed by atoms with Crippen molar-refractivity contribution in [3.05, 3.63) is 58.4 Å². The fraction of sp³-hybridized carbons (Fsp3) is 0. The predicted molar refractivity (Wildman–Crippen MR) is 81.2 cm³/mol. The molecule has 0 atom stereocenters. The Morgan fingerprint density at radius 3 is 2.25 bits per heavy atom. The highest BCUT2D eigenvalue weighted by Gasteiger charge is 2.14. The molecule has 3 rings (SSSR count). The van der Waals surface area contributed by atoms with Gasteiger partial charge in [-0.1, -0.05) is 41.9 Å². The first-order valence-electron chi connectivity index (χ1n) is 5.81. The van der Waals surface area contributed by atoms with E-state index in [1.54, 1.807) is 18.5 Å². The van der Waals surface area contributed by atoms with Crippen LogP contribution in [0.1, 0.15) is 0 Å². The lowest BCUT2D eigenvalue weighted by molar-refractivity contribution is 1.07. The van der Waals surface area contributed by atoms with Gasteiger partial charge in [0.25, 0.3) is 0 Å². The van der Waals surface area contributed by atoms with E-state index in [0.29, 0.717) is 27.0 Å². The highest BCUT2D eigenvalue weighted by atomic mass is 79.9. The predicted octanol–water partition coefficient (Wildman–Crippen LogP) is 4.02. The summed E-state index contributed by atoms with van der Waals surface area (Å²) >= 11 is 9.59. The van der Waals surface area contributed by atoms with Crippen molar-refractivity contribution in [1.82, 2.24) is 19.9 Å². The third-order valence-corrected chi connectivity index (χ3v) is 3.88. The standard InChI is InChI=1S/C14H8BrClN4/c15-10-11(9-5-2-1-3-6-9)19-14(20-12(10)16)13-17-7-4-8-18-13/h1-8H. The largest absolute Gasteiger partial charge is 0.234 e. The fourth-order valence-electron chi connectivity index (χ4n) is 1.72. The van der Waals surface area contributed by atoms with Crippen LogP contribution >= 0.6 is 27.5 Å². The monoisotopic (exact) mass is 346 g/mol. The Morgan fingerprint density at radius 1 is 0.850 bits per heavy atom. The average molecular weight is 348 g/mol. The molecule has 4 nitrogen and oxygen atoms in total. The Kier molecular flexibility index (Phi) is 3.71. The lowest BCUT2D eigenvalue weighted by atomic mass is 10.1. The molecule has 0 spiro atoms. The fourth-order valence-corrected chi connectivity index (χ4v) is 2.30. The van der Waals surface area contributed by atoms with Crippen LogP contribution in [0.5, 0.6) is 0 Å². The quantitative estimate of drug-likeness (QED) is 0.657. The molecule has 0 N–H and O–H groups in total. The van der Waals surface area contributed by atoms with Crippen LogP contribution < -0.4 is 0 Å². The number of rotatable bonds is 2. The maximum absolute atomic E-state index is 6.17. The molecule has 0 fully saturated rings. The van der Waals surface area contributed by atoms with Crippen molar-refractivity contribution < 1.29 is 0 Å². The summed E-state index contributed by atoms with van der Waals surface area (Å²) < 4.78 is 0.657. The van der Waals surface area contributed by atoms with Gasteiger partial charge >= 0.3 is 0 Å². The molecule has 6 heteroatoms. The molecule has 0 aliphatic heterocycles. The number of hydrogen-bond acceptors (Lipinski definition) is 4. The highest BCUT2D eigenvalue weighted by Crippen LogP contribution is 2.32. The zero-order chi connectivity index (χ0) is 13.9. The summed E-state index contributed by atoms with van der Waals surface area (Å²) in [6, 6.07) is 11.5. The van der Waals surface area contributed by atoms with E-state index in [2.05, 4.69) is 35.9 Å². The molecule has 0 saturated carbocycles. The molecule has 0 bridgehead atoms. The molecule has 0 aliphatic rings. The number of hydrogen-bond donors (Lipinski definition) is 0. The molecule has 98 valence electrons. The Bertz CT molecular complexity index is 735. The molecule has 20 heavy (non-hydrogen) atoms. The van der Waals surface area contributed by atoms with Gasteiger partial charge in [-0.05, 0) is 22.0 Å². The van der Waals surface area contributed by atoms with Crippen molar-refractivity contribution in [2.75, 3.05) is 0 Å². The van der Waals surface area contributed by atoms with Crippen LogP contribution in [0, 0.1) is 0 Å². The summed E-state index contributed by atoms with van der Waals surface area (Å²) in [6.45, 7) is 0. The van der Waals surface area contributed by atoms with E-state index in [9.17, 15) is 0 Å². The third-order valence-electron chi connectivity index (χ3n) is 2.62. The topological polar surface area (TPSA) is 51.6 Å². The van der Waals surface area contributed by atoms with Crippen LogP contribution in [0.25, 0.3) is 22.9 Å². The molecule has 3 aromatic rings. The van der Waals surface area contributed by atoms with E-state index >= 15 is 0 Å². The Balaban J connectivity index is 2.19. The number of halogens is 2. The van der Waals surface area contributed by atoms with Crippen LogP contribution in [0.4, 0.5) is 0 Å². The Labute approximate surface area is 129 Å². The van der Waals surface area contributed by atoms with E-state index in [4.69, 9.17) is 11.6 Å². The summed E-state index contributed by atoms with van der Waals surface area (Å²) in [5, 5.41) is 0.335. The van der Waals surface area contributed by atoms with Gasteiger partial charge in [0, 0.05) is 18.0 Å². The normalized spacial score (nSPS) is 10.5. The Morgan fingerprint density at radius 2 is 1.55 bits per heavy atom. The molecule has 0 amide bonds. The molecule has 2 aromatic heterocycles. The van der Waals surface area contributed by atoms with Gasteiger partial charge in [-0.15, -0.1) is 0 Å². The molecule has 1 aromatic carbocycles. The summed E-state index contributed by atoms with van der Waals surface area (Å²) in [5.74, 6) is 0.844. The third kappa shape index (κ3) is 2.55. The zero-order valence-electron chi connectivity index (χ0n) is 10.2. The van der Waals surface area contributed by atoms with Crippen LogP contribution in [0.2, 0.25) is 5.15 Å². The molecule has 0 unspecified atom stereocenters. The minimum absolute atomic E-state index is 0.335. The maximum Gasteiger partial charge on any atom is 0.199 e. The van der Waals surface area contributed by atoms with E-state index in [-0.39, 0.29) is 0 Å². The number of nitrogens with zero attached hydrogens (tertiary/aromatic N) is 4. The van der Waals surface area contributed by atoms with Crippen LogP contribution in [-0.4, -0.2) is 19.9 Å². The molecule has 2 heterocycles. The van der Waals surface area contributed by atoms with E-state index in [1.165, 1.54) is 0 Å². The van der Waals surface area contributed by atoms with Gasteiger partial charge in [-0.3, -0.25) is 0 Å². The molecular weight excluding hydrogens is 340 g/mol. The zero-order valence-corrected chi connectivity index (χ0v) is 12.5. The molecule has 0 radical (unpaired) electrons. The van der Waals surface area contributed by atoms with Gasteiger partial charge in [0.05, 0.1) is 10.2 Å². The van der Waals surface area contributed by atoms with Crippen molar-refractivity contribution in [2.24, 2.45) is 0 Å². The Hall–Kier alpha value is -1.85. The summed E-state index contributed by atoms with van der Waals surface area (Å²) in [7, 11) is 0. The second-order valence-electron chi connectivity index (χ2n) is 3.94. The lowest BCUT2D eigenvalue weighted by Crippen LogP contribution is -1.98. The summed E-state index contributed by atoms with van der Waals surface area (Å²) in [4.78, 5) is 17.0. The minimum Gasteiger partial charge on any atom is -0.234 e. The first-order valence-corrected chi connectivity index (χ1v) is 6.98. The molecular formula is C14H8BrClN4. The van der Waals surface area contributed by atoms with E-state index in [1.807, 2.05) is 30.3 Å². The van der Waals surface area contributed by atoms with Crippen molar-refractivity contribution in [3.63, 3.8) is 0 Å². The van der Waals surface area contributed by atoms with Crippen LogP contribution in [0.3, 0.4) is 0 Å². The molecule has 0 saturated heterocycles. The van der Waals surface area contributed by atoms with Gasteiger partial charge in [-0.25, -0.2) is 19.9 Å². The lowest BCUT2D eigenvalue weighted by Gasteiger charge is -2.07. The van der Waals surface area contributed by atoms with Crippen LogP contribution in [0.15, 0.2) is 53.3 Å². The van der Waals surface area contributed by atoms with Gasteiger partial charge in [-0.2, -0.15) is 0 Å². The summed E-state index contributed by atoms with van der Waals surface area (Å²) in [5.41, 5.74) is 1.66. The second kappa shape index (κ2) is 5.64. The van der Waals surface area contributed by atoms with E-state index in [0.717, 1.165) is 5.56 Å². The average Bonchev–Trinajstić information content (AvgIpc) is 2.51. The van der Waals surface area contributed by atoms with Crippen molar-refractivity contribution in [2.45, 2.75) is 0 Å². The SMILES string of the molecule is Clc1nc(-c2ncccn2)nc(-c2ccccc2)c1Br. The maximum atomic E-state index is 6.17. The van der Waals surface area contributed by atoms with E-state index < -0.39 is 0 Å². The van der Waals surface area contributed by atoms with Crippen LogP contribution in [-0.2, 0) is 0 Å². The summed E-state index contributed by atoms with van der Waals surface area (Å²) in [6.07, 6.45) is 3.29. The van der Waals surface area contributed by atoms with Gasteiger partial charge < -0.3 is 0 Å². The van der Waals surface area contributed by atoms with Gasteiger partial charge in [0.2, 0.25) is 0 Å². The molecule has 0 aliphatic carbocycles. The van der Waals surface area contributed by atoms with Crippen molar-refractivity contribution in [1.29, 1.82) is 0 Å². The minimum atomic E-state index is 0.335.